The van der Waals surface area contributed by atoms with Crippen LogP contribution in [-0.4, -0.2) is 0 Å². The summed E-state index contributed by atoms with van der Waals surface area (Å²) in [5.74, 6) is 0.291. The van der Waals surface area contributed by atoms with Crippen LogP contribution >= 0.6 is 0 Å². The van der Waals surface area contributed by atoms with Crippen molar-refractivity contribution in [2.75, 3.05) is 0 Å². The van der Waals surface area contributed by atoms with Crippen LogP contribution in [0.5, 0.6) is 0 Å². The molecular weight excluding hydrogens is 318 g/mol. The number of nitriles is 1. The summed E-state index contributed by atoms with van der Waals surface area (Å²) in [4.78, 5) is 12.4. The van der Waals surface area contributed by atoms with Crippen molar-refractivity contribution >= 4 is 16.7 Å². The molecule has 0 fully saturated rings. The number of nitrogens with zero attached hydrogens (tertiary/aromatic N) is 1. The van der Waals surface area contributed by atoms with Gasteiger partial charge in [0.1, 0.15) is 17.2 Å². The molecule has 122 valence electrons. The Morgan fingerprint density at radius 3 is 2.80 bits per heavy atom. The molecule has 6 nitrogen and oxygen atoms in total. The number of benzene rings is 1. The Bertz CT molecular complexity index is 1110. The SMILES string of the molecule is N#CC1=C(N)NC(c2cc3ccccc3oc2=O)=CC1c1ccco1. The Kier molecular flexibility index (Phi) is 3.40. The lowest BCUT2D eigenvalue weighted by Crippen LogP contribution is -2.28. The molecule has 1 atom stereocenters. The lowest BCUT2D eigenvalue weighted by atomic mass is 9.92. The van der Waals surface area contributed by atoms with Gasteiger partial charge in [0, 0.05) is 5.39 Å². The number of fused-ring (bicyclic) bond motifs is 1. The van der Waals surface area contributed by atoms with E-state index in [0.29, 0.717) is 28.2 Å². The molecule has 3 aromatic rings. The number of furan rings is 1. The molecule has 25 heavy (non-hydrogen) atoms. The fourth-order valence-corrected chi connectivity index (χ4v) is 2.90. The van der Waals surface area contributed by atoms with Crippen LogP contribution in [0.3, 0.4) is 0 Å². The van der Waals surface area contributed by atoms with Crippen LogP contribution in [0.2, 0.25) is 0 Å². The molecule has 0 spiro atoms. The molecule has 3 heterocycles. The number of nitrogens with two attached hydrogens (primary N) is 1. The number of dihydropyridines is 1. The molecule has 3 N–H and O–H groups in total. The van der Waals surface area contributed by atoms with Crippen molar-refractivity contribution in [1.29, 1.82) is 5.26 Å². The summed E-state index contributed by atoms with van der Waals surface area (Å²) in [6.07, 6.45) is 3.27. The Morgan fingerprint density at radius 1 is 1.20 bits per heavy atom. The number of nitrogens with one attached hydrogen (secondary N) is 1. The highest BCUT2D eigenvalue weighted by Crippen LogP contribution is 2.33. The summed E-state index contributed by atoms with van der Waals surface area (Å²) < 4.78 is 10.8. The van der Waals surface area contributed by atoms with Crippen LogP contribution in [0.1, 0.15) is 17.2 Å². The first-order valence-corrected chi connectivity index (χ1v) is 7.62. The molecule has 0 saturated carbocycles. The first-order chi connectivity index (χ1) is 12.2. The van der Waals surface area contributed by atoms with Crippen LogP contribution < -0.4 is 16.7 Å². The van der Waals surface area contributed by atoms with Gasteiger partial charge in [-0.15, -0.1) is 0 Å². The molecule has 1 aromatic carbocycles. The standard InChI is InChI=1S/C19H13N3O3/c20-10-14-12(17-6-3-7-24-17)9-15(22-18(14)21)13-8-11-4-1-2-5-16(11)25-19(13)23/h1-9,12,22H,21H2. The minimum Gasteiger partial charge on any atom is -0.468 e. The summed E-state index contributed by atoms with van der Waals surface area (Å²) in [5.41, 5.74) is 7.20. The number of hydrogen-bond donors (Lipinski definition) is 2. The van der Waals surface area contributed by atoms with E-state index in [2.05, 4.69) is 11.4 Å². The Hall–Kier alpha value is -3.72. The summed E-state index contributed by atoms with van der Waals surface area (Å²) in [7, 11) is 0. The summed E-state index contributed by atoms with van der Waals surface area (Å²) in [6.45, 7) is 0. The van der Waals surface area contributed by atoms with Gasteiger partial charge in [0.2, 0.25) is 0 Å². The molecule has 6 heteroatoms. The van der Waals surface area contributed by atoms with E-state index in [1.165, 1.54) is 6.26 Å². The van der Waals surface area contributed by atoms with Crippen molar-refractivity contribution in [3.63, 3.8) is 0 Å². The van der Waals surface area contributed by atoms with E-state index >= 15 is 0 Å². The fraction of sp³-hybridized carbons (Fsp3) is 0.0526. The zero-order chi connectivity index (χ0) is 17.4. The van der Waals surface area contributed by atoms with Crippen LogP contribution in [0.4, 0.5) is 0 Å². The van der Waals surface area contributed by atoms with Gasteiger partial charge in [-0.2, -0.15) is 5.26 Å². The van der Waals surface area contributed by atoms with Crippen molar-refractivity contribution in [2.45, 2.75) is 5.92 Å². The Labute approximate surface area is 142 Å². The van der Waals surface area contributed by atoms with E-state index in [0.717, 1.165) is 5.39 Å². The van der Waals surface area contributed by atoms with Gasteiger partial charge in [0.05, 0.1) is 35.1 Å². The van der Waals surface area contributed by atoms with Gasteiger partial charge in [-0.05, 0) is 30.3 Å². The third-order valence-corrected chi connectivity index (χ3v) is 4.11. The van der Waals surface area contributed by atoms with Crippen molar-refractivity contribution in [3.05, 3.63) is 87.9 Å². The third kappa shape index (κ3) is 2.48. The number of hydrogen-bond acceptors (Lipinski definition) is 6. The molecule has 1 aliphatic rings. The number of para-hydroxylation sites is 1. The van der Waals surface area contributed by atoms with Crippen LogP contribution in [-0.2, 0) is 0 Å². The molecule has 1 unspecified atom stereocenters. The number of rotatable bonds is 2. The molecule has 0 bridgehead atoms. The van der Waals surface area contributed by atoms with Gasteiger partial charge in [-0.3, -0.25) is 0 Å². The van der Waals surface area contributed by atoms with E-state index in [9.17, 15) is 10.1 Å². The van der Waals surface area contributed by atoms with Gasteiger partial charge < -0.3 is 19.9 Å². The van der Waals surface area contributed by atoms with E-state index in [-0.39, 0.29) is 5.82 Å². The zero-order valence-corrected chi connectivity index (χ0v) is 13.0. The quantitative estimate of drug-likeness (QED) is 0.700. The molecule has 0 saturated heterocycles. The maximum atomic E-state index is 12.4. The normalized spacial score (nSPS) is 17.1. The summed E-state index contributed by atoms with van der Waals surface area (Å²) in [6, 6.07) is 14.6. The lowest BCUT2D eigenvalue weighted by Gasteiger charge is -2.22. The highest BCUT2D eigenvalue weighted by Gasteiger charge is 2.27. The van der Waals surface area contributed by atoms with E-state index < -0.39 is 11.5 Å². The molecule has 4 rings (SSSR count). The average molecular weight is 331 g/mol. The Morgan fingerprint density at radius 2 is 2.04 bits per heavy atom. The van der Waals surface area contributed by atoms with Gasteiger partial charge >= 0.3 is 5.63 Å². The van der Waals surface area contributed by atoms with Crippen LogP contribution in [0.15, 0.2) is 79.8 Å². The second kappa shape index (κ2) is 5.73. The van der Waals surface area contributed by atoms with Crippen LogP contribution in [0.25, 0.3) is 16.7 Å². The zero-order valence-electron chi connectivity index (χ0n) is 13.0. The molecule has 1 aliphatic heterocycles. The smallest absolute Gasteiger partial charge is 0.345 e. The monoisotopic (exact) mass is 331 g/mol. The topological polar surface area (TPSA) is 105 Å². The molecule has 2 aromatic heterocycles. The average Bonchev–Trinajstić information content (AvgIpc) is 3.15. The highest BCUT2D eigenvalue weighted by molar-refractivity contribution is 5.81. The summed E-state index contributed by atoms with van der Waals surface area (Å²) >= 11 is 0. The summed E-state index contributed by atoms with van der Waals surface area (Å²) in [5, 5.41) is 13.1. The first kappa shape index (κ1) is 14.8. The second-order valence-electron chi connectivity index (χ2n) is 5.62. The first-order valence-electron chi connectivity index (χ1n) is 7.62. The van der Waals surface area contributed by atoms with Gasteiger partial charge in [0.25, 0.3) is 0 Å². The van der Waals surface area contributed by atoms with E-state index in [4.69, 9.17) is 14.6 Å². The largest absolute Gasteiger partial charge is 0.468 e. The van der Waals surface area contributed by atoms with Gasteiger partial charge in [-0.25, -0.2) is 4.79 Å². The predicted octanol–water partition coefficient (Wildman–Crippen LogP) is 2.81. The molecular formula is C19H13N3O3. The van der Waals surface area contributed by atoms with Gasteiger partial charge in [0.15, 0.2) is 0 Å². The Balaban J connectivity index is 1.87. The van der Waals surface area contributed by atoms with Crippen molar-refractivity contribution in [1.82, 2.24) is 5.32 Å². The lowest BCUT2D eigenvalue weighted by molar-refractivity contribution is 0.504. The third-order valence-electron chi connectivity index (χ3n) is 4.11. The maximum Gasteiger partial charge on any atom is 0.345 e. The van der Waals surface area contributed by atoms with Crippen molar-refractivity contribution in [3.8, 4) is 6.07 Å². The van der Waals surface area contributed by atoms with Crippen molar-refractivity contribution in [2.24, 2.45) is 5.73 Å². The molecule has 0 radical (unpaired) electrons. The van der Waals surface area contributed by atoms with Gasteiger partial charge in [-0.1, -0.05) is 18.2 Å². The number of allylic oxidation sites excluding steroid dienone is 2. The fourth-order valence-electron chi connectivity index (χ4n) is 2.90. The molecule has 0 aliphatic carbocycles. The predicted molar refractivity (Wildman–Crippen MR) is 91.9 cm³/mol. The molecule has 0 amide bonds. The second-order valence-corrected chi connectivity index (χ2v) is 5.62. The van der Waals surface area contributed by atoms with E-state index in [1.807, 2.05) is 12.1 Å². The highest BCUT2D eigenvalue weighted by atomic mass is 16.4. The van der Waals surface area contributed by atoms with Crippen LogP contribution in [0, 0.1) is 11.3 Å². The minimum absolute atomic E-state index is 0.189. The maximum absolute atomic E-state index is 12.4. The van der Waals surface area contributed by atoms with E-state index in [1.54, 1.807) is 36.4 Å². The van der Waals surface area contributed by atoms with Crippen molar-refractivity contribution < 1.29 is 8.83 Å². The minimum atomic E-state index is -0.483.